The Kier molecular flexibility index (Phi) is 5.90. The molecule has 0 amide bonds. The Bertz CT molecular complexity index is 1520. The van der Waals surface area contributed by atoms with Crippen LogP contribution in [0.15, 0.2) is 24.3 Å². The average molecular weight is 565 g/mol. The van der Waals surface area contributed by atoms with Gasteiger partial charge in [-0.3, -0.25) is 4.90 Å². The van der Waals surface area contributed by atoms with Crippen LogP contribution >= 0.6 is 0 Å². The number of nitrogens with one attached hydrogen (secondary N) is 1. The van der Waals surface area contributed by atoms with Crippen molar-refractivity contribution in [2.45, 2.75) is 74.7 Å². The number of nitrogen functional groups attached to an aromatic ring is 1. The van der Waals surface area contributed by atoms with E-state index in [0.717, 1.165) is 57.2 Å². The second-order valence-corrected chi connectivity index (χ2v) is 12.7. The lowest BCUT2D eigenvalue weighted by atomic mass is 9.92. The van der Waals surface area contributed by atoms with Gasteiger partial charge < -0.3 is 20.7 Å². The second-order valence-electron chi connectivity index (χ2n) is 12.7. The molecule has 1 aromatic heterocycles. The first-order valence-corrected chi connectivity index (χ1v) is 15.0. The highest BCUT2D eigenvalue weighted by molar-refractivity contribution is 5.94. The van der Waals surface area contributed by atoms with Crippen LogP contribution in [0.25, 0.3) is 22.0 Å². The van der Waals surface area contributed by atoms with Crippen LogP contribution in [-0.2, 0) is 0 Å². The van der Waals surface area contributed by atoms with E-state index in [9.17, 15) is 4.39 Å². The fraction of sp³-hybridized carbons (Fsp3) is 0.548. The van der Waals surface area contributed by atoms with Gasteiger partial charge in [-0.25, -0.2) is 13.2 Å². The summed E-state index contributed by atoms with van der Waals surface area (Å²) in [6.07, 6.45) is 5.38. The van der Waals surface area contributed by atoms with E-state index in [0.29, 0.717) is 48.0 Å². The van der Waals surface area contributed by atoms with Gasteiger partial charge in [-0.05, 0) is 80.3 Å². The topological polar surface area (TPSA) is 79.5 Å². The van der Waals surface area contributed by atoms with Crippen LogP contribution in [0.3, 0.4) is 0 Å². The van der Waals surface area contributed by atoms with Crippen LogP contribution in [0.2, 0.25) is 0 Å². The highest BCUT2D eigenvalue weighted by Crippen LogP contribution is 2.47. The van der Waals surface area contributed by atoms with Crippen LogP contribution in [0, 0.1) is 11.6 Å². The molecule has 6 heterocycles. The summed E-state index contributed by atoms with van der Waals surface area (Å²) in [5.41, 5.74) is 7.47. The molecule has 3 aromatic rings. The number of halogens is 3. The maximum absolute atomic E-state index is 16.6. The zero-order valence-corrected chi connectivity index (χ0v) is 23.0. The van der Waals surface area contributed by atoms with Crippen molar-refractivity contribution in [2.75, 3.05) is 43.4 Å². The van der Waals surface area contributed by atoms with E-state index in [2.05, 4.69) is 20.1 Å². The molecule has 0 unspecified atom stereocenters. The molecule has 1 aliphatic carbocycles. The van der Waals surface area contributed by atoms with E-state index in [-0.39, 0.29) is 41.2 Å². The number of piperidine rings is 2. The van der Waals surface area contributed by atoms with E-state index in [4.69, 9.17) is 15.5 Å². The number of benzene rings is 2. The van der Waals surface area contributed by atoms with E-state index in [1.807, 2.05) is 6.07 Å². The minimum Gasteiger partial charge on any atom is -0.461 e. The maximum Gasteiger partial charge on any atom is 0.319 e. The fourth-order valence-corrected chi connectivity index (χ4v) is 7.85. The lowest BCUT2D eigenvalue weighted by Gasteiger charge is -2.46. The van der Waals surface area contributed by atoms with Crippen molar-refractivity contribution in [2.24, 2.45) is 0 Å². The monoisotopic (exact) mass is 564 g/mol. The number of hydrogen-bond donors (Lipinski definition) is 2. The Labute approximate surface area is 237 Å². The quantitative estimate of drug-likeness (QED) is 0.411. The minimum absolute atomic E-state index is 0.0375. The summed E-state index contributed by atoms with van der Waals surface area (Å²) in [5, 5.41) is 3.87. The predicted octanol–water partition coefficient (Wildman–Crippen LogP) is 4.93. The van der Waals surface area contributed by atoms with Gasteiger partial charge in [0, 0.05) is 49.2 Å². The number of ether oxygens (including phenoxy) is 1. The molecule has 5 saturated heterocycles. The van der Waals surface area contributed by atoms with Crippen molar-refractivity contribution in [1.29, 1.82) is 0 Å². The maximum atomic E-state index is 16.6. The molecule has 2 aromatic carbocycles. The molecule has 216 valence electrons. The minimum atomic E-state index is -0.884. The van der Waals surface area contributed by atoms with E-state index in [1.54, 1.807) is 12.1 Å². The van der Waals surface area contributed by atoms with Crippen molar-refractivity contribution in [3.8, 4) is 17.1 Å². The van der Waals surface area contributed by atoms with Gasteiger partial charge in [-0.1, -0.05) is 6.07 Å². The van der Waals surface area contributed by atoms with Gasteiger partial charge in [0.25, 0.3) is 0 Å². The molecule has 5 aliphatic heterocycles. The summed E-state index contributed by atoms with van der Waals surface area (Å²) in [5.74, 6) is -0.611. The third-order valence-electron chi connectivity index (χ3n) is 10.1. The van der Waals surface area contributed by atoms with Crippen LogP contribution in [-0.4, -0.2) is 71.4 Å². The van der Waals surface area contributed by atoms with Crippen LogP contribution in [0.1, 0.15) is 56.4 Å². The molecule has 0 radical (unpaired) electrons. The summed E-state index contributed by atoms with van der Waals surface area (Å²) in [6, 6.07) is 7.23. The molecule has 41 heavy (non-hydrogen) atoms. The summed E-state index contributed by atoms with van der Waals surface area (Å²) < 4.78 is 53.2. The van der Waals surface area contributed by atoms with Crippen LogP contribution < -0.4 is 20.7 Å². The van der Waals surface area contributed by atoms with Crippen molar-refractivity contribution in [3.63, 3.8) is 0 Å². The molecule has 4 atom stereocenters. The number of piperazine rings is 1. The Morgan fingerprint density at radius 3 is 2.73 bits per heavy atom. The van der Waals surface area contributed by atoms with Gasteiger partial charge in [-0.15, -0.1) is 0 Å². The molecule has 9 rings (SSSR count). The number of nitrogens with two attached hydrogens (primary N) is 1. The smallest absolute Gasteiger partial charge is 0.319 e. The molecular weight excluding hydrogens is 529 g/mol. The summed E-state index contributed by atoms with van der Waals surface area (Å²) >= 11 is 0. The van der Waals surface area contributed by atoms with Crippen molar-refractivity contribution >= 4 is 22.4 Å². The molecule has 7 nitrogen and oxygen atoms in total. The standard InChI is InChI=1S/C31H35F3N6O/c32-18-12-31(8-1-9-39(31)14-18)16-41-30-37-28-24(29(38-30)40-15-20-5-6-21(40)13-36-20)11-25(33)26(27(28)34)23-10-19(35)4-7-22(23)17-2-3-17/h4,7,10-11,17-18,20-21,36H,1-3,5-6,8-9,12-16,35H2/t18-,20+,21+,31+/m1/s1. The molecule has 3 N–H and O–H groups in total. The normalized spacial score (nSPS) is 29.4. The van der Waals surface area contributed by atoms with Gasteiger partial charge in [0.15, 0.2) is 5.82 Å². The summed E-state index contributed by atoms with van der Waals surface area (Å²) in [7, 11) is 0. The number of nitrogens with zero attached hydrogens (tertiary/aromatic N) is 4. The summed E-state index contributed by atoms with van der Waals surface area (Å²) in [4.78, 5) is 13.7. The largest absolute Gasteiger partial charge is 0.461 e. The van der Waals surface area contributed by atoms with Gasteiger partial charge in [0.05, 0.1) is 11.1 Å². The van der Waals surface area contributed by atoms with Crippen molar-refractivity contribution in [1.82, 2.24) is 20.2 Å². The molecule has 6 fully saturated rings. The third-order valence-corrected chi connectivity index (χ3v) is 10.1. The highest BCUT2D eigenvalue weighted by atomic mass is 19.1. The van der Waals surface area contributed by atoms with Crippen molar-refractivity contribution < 1.29 is 17.9 Å². The number of alkyl halides is 1. The molecule has 0 spiro atoms. The molecule has 10 heteroatoms. The zero-order valence-electron chi connectivity index (χ0n) is 23.0. The highest BCUT2D eigenvalue weighted by Gasteiger charge is 2.49. The first-order valence-electron chi connectivity index (χ1n) is 15.0. The summed E-state index contributed by atoms with van der Waals surface area (Å²) in [6.45, 7) is 2.99. The Morgan fingerprint density at radius 2 is 1.98 bits per heavy atom. The van der Waals surface area contributed by atoms with Crippen molar-refractivity contribution in [3.05, 3.63) is 41.5 Å². The lowest BCUT2D eigenvalue weighted by Crippen LogP contribution is -2.61. The Hall–Kier alpha value is -3.11. The van der Waals surface area contributed by atoms with Crippen LogP contribution in [0.4, 0.5) is 24.7 Å². The molecule has 1 saturated carbocycles. The van der Waals surface area contributed by atoms with E-state index >= 15 is 8.78 Å². The number of anilines is 2. The van der Waals surface area contributed by atoms with Gasteiger partial charge in [0.1, 0.15) is 29.9 Å². The van der Waals surface area contributed by atoms with E-state index < -0.39 is 17.8 Å². The second kappa shape index (κ2) is 9.46. The number of hydrogen-bond acceptors (Lipinski definition) is 7. The number of aromatic nitrogens is 2. The van der Waals surface area contributed by atoms with Gasteiger partial charge in [0.2, 0.25) is 0 Å². The number of fused-ring (bicyclic) bond motifs is 5. The van der Waals surface area contributed by atoms with Gasteiger partial charge >= 0.3 is 6.01 Å². The molecule has 6 aliphatic rings. The fourth-order valence-electron chi connectivity index (χ4n) is 7.85. The zero-order chi connectivity index (χ0) is 27.9. The Balaban J connectivity index is 1.26. The molecular formula is C31H35F3N6O. The lowest BCUT2D eigenvalue weighted by molar-refractivity contribution is 0.107. The van der Waals surface area contributed by atoms with Crippen LogP contribution in [0.5, 0.6) is 6.01 Å². The third kappa shape index (κ3) is 4.24. The van der Waals surface area contributed by atoms with Gasteiger partial charge in [-0.2, -0.15) is 9.97 Å². The average Bonchev–Trinajstić information content (AvgIpc) is 3.67. The predicted molar refractivity (Wildman–Crippen MR) is 152 cm³/mol. The Morgan fingerprint density at radius 1 is 1.10 bits per heavy atom. The molecule has 2 bridgehead atoms. The first kappa shape index (κ1) is 25.6. The van der Waals surface area contributed by atoms with E-state index in [1.165, 1.54) is 6.07 Å². The SMILES string of the molecule is Nc1ccc(C2CC2)c(-c2c(F)cc3c(N4C[C@@H]5CC[C@H]4CN5)nc(OC[C@@]45CCCN4C[C@H](F)C5)nc3c2F)c1. The first-order chi connectivity index (χ1) is 19.9. The number of rotatable bonds is 6.